The van der Waals surface area contributed by atoms with Gasteiger partial charge in [-0.05, 0) is 56.5 Å². The summed E-state index contributed by atoms with van der Waals surface area (Å²) in [4.78, 5) is 12.7. The second-order valence-electron chi connectivity index (χ2n) is 10.3. The minimum atomic E-state index is -0.896. The van der Waals surface area contributed by atoms with Gasteiger partial charge >= 0.3 is 5.97 Å². The van der Waals surface area contributed by atoms with Crippen LogP contribution in [-0.4, -0.2) is 39.1 Å². The fraction of sp³-hybridized carbons (Fsp3) is 0.312. The van der Waals surface area contributed by atoms with Crippen LogP contribution in [-0.2, 0) is 24.3 Å². The molecule has 2 aromatic heterocycles. The number of benzene rings is 3. The van der Waals surface area contributed by atoms with Crippen LogP contribution in [0, 0.1) is 13.8 Å². The Balaban J connectivity index is 1.36. The van der Waals surface area contributed by atoms with E-state index < -0.39 is 5.97 Å². The third-order valence-corrected chi connectivity index (χ3v) is 7.66. The lowest BCUT2D eigenvalue weighted by Crippen LogP contribution is -2.12. The third kappa shape index (κ3) is 4.68. The van der Waals surface area contributed by atoms with Crippen LogP contribution in [0.1, 0.15) is 52.3 Å². The average molecular weight is 524 g/mol. The predicted molar refractivity (Wildman–Crippen MR) is 153 cm³/mol. The minimum absolute atomic E-state index is 0.376. The Labute approximate surface area is 227 Å². The molecule has 0 radical (unpaired) electrons. The van der Waals surface area contributed by atoms with Gasteiger partial charge in [0.2, 0.25) is 0 Å². The summed E-state index contributed by atoms with van der Waals surface area (Å²) >= 11 is 0. The Hall–Kier alpha value is -4.10. The molecule has 200 valence electrons. The lowest BCUT2D eigenvalue weighted by molar-refractivity contribution is 0.0683. The van der Waals surface area contributed by atoms with Gasteiger partial charge in [-0.25, -0.2) is 4.79 Å². The van der Waals surface area contributed by atoms with Crippen LogP contribution in [0.4, 0.5) is 0 Å². The first-order chi connectivity index (χ1) is 19.0. The number of ether oxygens (including phenoxy) is 2. The summed E-state index contributed by atoms with van der Waals surface area (Å²) in [6.45, 7) is 6.26. The number of aryl methyl sites for hydroxylation is 4. The highest BCUT2D eigenvalue weighted by atomic mass is 16.5. The van der Waals surface area contributed by atoms with Gasteiger partial charge in [-0.3, -0.25) is 5.10 Å². The number of carboxylic acids is 1. The molecule has 7 nitrogen and oxygen atoms in total. The molecule has 2 N–H and O–H groups in total. The normalized spacial score (nSPS) is 13.8. The molecule has 1 aliphatic rings. The van der Waals surface area contributed by atoms with Crippen LogP contribution in [0.25, 0.3) is 32.8 Å². The second kappa shape index (κ2) is 10.6. The summed E-state index contributed by atoms with van der Waals surface area (Å²) in [6.07, 6.45) is 3.01. The first-order valence-corrected chi connectivity index (χ1v) is 13.6. The number of nitrogens with one attached hydrogen (secondary N) is 1. The third-order valence-electron chi connectivity index (χ3n) is 7.66. The molecule has 0 spiro atoms. The maximum atomic E-state index is 12.7. The number of H-pyrrole nitrogens is 1. The standard InChI is InChI=1S/C32H33N3O4/c1-20-13-14-23-22(18-20)8-5-12-28(23)39-17-7-11-25-24-9-6-10-26-29-21(2)33-34-27(29)19-38-16-4-3-15-35(30(24)26)31(25)32(36)37/h5-6,8-10,12-14,18H,3-4,7,11,15-17,19H2,1-2H3,(H,33,34)(H,36,37). The van der Waals surface area contributed by atoms with Crippen molar-refractivity contribution in [3.63, 3.8) is 0 Å². The number of nitrogens with zero attached hydrogens (tertiary/aromatic N) is 2. The van der Waals surface area contributed by atoms with Gasteiger partial charge in [0.25, 0.3) is 0 Å². The van der Waals surface area contributed by atoms with Crippen molar-refractivity contribution in [3.05, 3.63) is 82.8 Å². The highest BCUT2D eigenvalue weighted by Gasteiger charge is 2.26. The first kappa shape index (κ1) is 25.2. The molecule has 6 rings (SSSR count). The van der Waals surface area contributed by atoms with E-state index in [4.69, 9.17) is 9.47 Å². The Kier molecular flexibility index (Phi) is 6.83. The van der Waals surface area contributed by atoms with Crippen molar-refractivity contribution in [2.75, 3.05) is 13.2 Å². The van der Waals surface area contributed by atoms with Gasteiger partial charge in [0.05, 0.1) is 24.4 Å². The smallest absolute Gasteiger partial charge is 0.352 e. The van der Waals surface area contributed by atoms with Gasteiger partial charge < -0.3 is 19.1 Å². The molecule has 5 aromatic rings. The number of rotatable bonds is 6. The zero-order valence-corrected chi connectivity index (χ0v) is 22.4. The molecule has 0 unspecified atom stereocenters. The molecule has 0 aliphatic carbocycles. The van der Waals surface area contributed by atoms with Crippen LogP contribution in [0.15, 0.2) is 54.6 Å². The maximum absolute atomic E-state index is 12.7. The Morgan fingerprint density at radius 2 is 1.97 bits per heavy atom. The molecule has 0 atom stereocenters. The summed E-state index contributed by atoms with van der Waals surface area (Å²) < 4.78 is 14.1. The summed E-state index contributed by atoms with van der Waals surface area (Å²) in [5.74, 6) is -0.0388. The van der Waals surface area contributed by atoms with E-state index in [0.717, 1.165) is 68.3 Å². The monoisotopic (exact) mass is 523 g/mol. The highest BCUT2D eigenvalue weighted by molar-refractivity contribution is 6.04. The summed E-state index contributed by atoms with van der Waals surface area (Å²) in [5, 5.41) is 21.3. The van der Waals surface area contributed by atoms with Crippen LogP contribution >= 0.6 is 0 Å². The zero-order valence-electron chi connectivity index (χ0n) is 22.4. The van der Waals surface area contributed by atoms with E-state index in [1.165, 1.54) is 5.56 Å². The van der Waals surface area contributed by atoms with E-state index in [9.17, 15) is 9.90 Å². The van der Waals surface area contributed by atoms with Crippen LogP contribution in [0.3, 0.4) is 0 Å². The topological polar surface area (TPSA) is 89.4 Å². The van der Waals surface area contributed by atoms with Gasteiger partial charge in [-0.1, -0.05) is 54.1 Å². The highest BCUT2D eigenvalue weighted by Crippen LogP contribution is 2.38. The molecule has 3 heterocycles. The van der Waals surface area contributed by atoms with E-state index in [1.807, 2.05) is 29.7 Å². The molecule has 0 bridgehead atoms. The quantitative estimate of drug-likeness (QED) is 0.238. The number of carboxylic acid groups (broad SMARTS) is 1. The predicted octanol–water partition coefficient (Wildman–Crippen LogP) is 6.82. The van der Waals surface area contributed by atoms with E-state index in [1.54, 1.807) is 0 Å². The van der Waals surface area contributed by atoms with Crippen molar-refractivity contribution in [1.82, 2.24) is 14.8 Å². The van der Waals surface area contributed by atoms with Crippen molar-refractivity contribution >= 4 is 27.6 Å². The van der Waals surface area contributed by atoms with Crippen LogP contribution in [0.2, 0.25) is 0 Å². The van der Waals surface area contributed by atoms with Gasteiger partial charge in [0.1, 0.15) is 11.4 Å². The fourth-order valence-corrected chi connectivity index (χ4v) is 5.92. The van der Waals surface area contributed by atoms with Crippen molar-refractivity contribution < 1.29 is 19.4 Å². The molecule has 3 aromatic carbocycles. The van der Waals surface area contributed by atoms with Crippen molar-refractivity contribution in [3.8, 4) is 16.9 Å². The fourth-order valence-electron chi connectivity index (χ4n) is 5.92. The number of aromatic amines is 1. The number of hydrogen-bond acceptors (Lipinski definition) is 4. The van der Waals surface area contributed by atoms with E-state index in [2.05, 4.69) is 53.5 Å². The Bertz CT molecular complexity index is 1680. The zero-order chi connectivity index (χ0) is 26.9. The minimum Gasteiger partial charge on any atom is -0.493 e. The molecule has 0 saturated carbocycles. The first-order valence-electron chi connectivity index (χ1n) is 13.6. The Morgan fingerprint density at radius 3 is 2.85 bits per heavy atom. The number of fused-ring (bicyclic) bond motifs is 3. The number of carbonyl (C=O) groups is 1. The Morgan fingerprint density at radius 1 is 1.10 bits per heavy atom. The number of aromatic carboxylic acids is 1. The van der Waals surface area contributed by atoms with Gasteiger partial charge in [-0.2, -0.15) is 5.10 Å². The molecular weight excluding hydrogens is 490 g/mol. The summed E-state index contributed by atoms with van der Waals surface area (Å²) in [6, 6.07) is 18.6. The van der Waals surface area contributed by atoms with E-state index >= 15 is 0 Å². The van der Waals surface area contributed by atoms with Crippen LogP contribution in [0.5, 0.6) is 5.75 Å². The van der Waals surface area contributed by atoms with E-state index in [0.29, 0.717) is 44.9 Å². The largest absolute Gasteiger partial charge is 0.493 e. The molecule has 0 saturated heterocycles. The lowest BCUT2D eigenvalue weighted by Gasteiger charge is -2.12. The maximum Gasteiger partial charge on any atom is 0.352 e. The molecule has 39 heavy (non-hydrogen) atoms. The number of hydrogen-bond donors (Lipinski definition) is 2. The molecule has 0 amide bonds. The molecular formula is C32H33N3O4. The molecule has 1 aliphatic heterocycles. The molecule has 7 heteroatoms. The van der Waals surface area contributed by atoms with Crippen LogP contribution < -0.4 is 4.74 Å². The van der Waals surface area contributed by atoms with Gasteiger partial charge in [0, 0.05) is 40.7 Å². The number of para-hydroxylation sites is 1. The lowest BCUT2D eigenvalue weighted by atomic mass is 9.98. The van der Waals surface area contributed by atoms with Gasteiger partial charge in [-0.15, -0.1) is 0 Å². The summed E-state index contributed by atoms with van der Waals surface area (Å²) in [7, 11) is 0. The summed E-state index contributed by atoms with van der Waals surface area (Å²) in [5.41, 5.74) is 7.22. The van der Waals surface area contributed by atoms with Crippen molar-refractivity contribution in [1.29, 1.82) is 0 Å². The van der Waals surface area contributed by atoms with Crippen molar-refractivity contribution in [2.45, 2.75) is 52.7 Å². The number of aromatic nitrogens is 3. The van der Waals surface area contributed by atoms with Crippen molar-refractivity contribution in [2.24, 2.45) is 0 Å². The average Bonchev–Trinajstić information content (AvgIpc) is 3.44. The SMILES string of the molecule is Cc1ccc2c(OCCCc3c(C(=O)O)n4c5c(cccc35)-c3c(n[nH]c3C)COCCCC4)cccc2c1. The van der Waals surface area contributed by atoms with Gasteiger partial charge in [0.15, 0.2) is 0 Å². The van der Waals surface area contributed by atoms with E-state index in [-0.39, 0.29) is 0 Å². The molecule has 0 fully saturated rings. The second-order valence-corrected chi connectivity index (χ2v) is 10.3.